The molecule has 0 amide bonds. The average Bonchev–Trinajstić information content (AvgIpc) is 2.48. The number of benzene rings is 1. The molecule has 3 aromatic rings. The molecule has 1 atom stereocenters. The fourth-order valence-electron chi connectivity index (χ4n) is 2.05. The molecule has 3 rings (SSSR count). The second kappa shape index (κ2) is 5.12. The Bertz CT molecular complexity index is 685. The van der Waals surface area contributed by atoms with Crippen LogP contribution in [0.5, 0.6) is 0 Å². The van der Waals surface area contributed by atoms with Crippen LogP contribution in [-0.2, 0) is 6.42 Å². The van der Waals surface area contributed by atoms with E-state index in [1.165, 1.54) is 0 Å². The monoisotopic (exact) mass is 251 g/mol. The van der Waals surface area contributed by atoms with Crippen molar-refractivity contribution in [2.24, 2.45) is 0 Å². The van der Waals surface area contributed by atoms with Crippen molar-refractivity contribution in [3.8, 4) is 0 Å². The number of rotatable bonds is 3. The van der Waals surface area contributed by atoms with E-state index in [9.17, 15) is 5.11 Å². The van der Waals surface area contributed by atoms with Gasteiger partial charge in [0.2, 0.25) is 0 Å². The molecule has 0 bridgehead atoms. The van der Waals surface area contributed by atoms with Gasteiger partial charge in [-0.2, -0.15) is 0 Å². The van der Waals surface area contributed by atoms with Gasteiger partial charge in [-0.25, -0.2) is 0 Å². The highest BCUT2D eigenvalue weighted by atomic mass is 16.3. The van der Waals surface area contributed by atoms with Crippen molar-refractivity contribution in [1.82, 2.24) is 15.0 Å². The third-order valence-electron chi connectivity index (χ3n) is 3.03. The molecule has 1 unspecified atom stereocenters. The van der Waals surface area contributed by atoms with Gasteiger partial charge in [-0.1, -0.05) is 12.1 Å². The van der Waals surface area contributed by atoms with Crippen LogP contribution in [0.3, 0.4) is 0 Å². The molecule has 0 radical (unpaired) electrons. The molecular formula is C15H13N3O. The van der Waals surface area contributed by atoms with Crippen LogP contribution in [0.25, 0.3) is 11.0 Å². The maximum absolute atomic E-state index is 10.3. The lowest BCUT2D eigenvalue weighted by Gasteiger charge is -2.11. The quantitative estimate of drug-likeness (QED) is 0.776. The van der Waals surface area contributed by atoms with Gasteiger partial charge in [0.05, 0.1) is 17.1 Å². The molecule has 0 spiro atoms. The molecule has 1 N–H and O–H groups in total. The second-order valence-corrected chi connectivity index (χ2v) is 4.39. The van der Waals surface area contributed by atoms with E-state index in [1.54, 1.807) is 24.8 Å². The lowest BCUT2D eigenvalue weighted by atomic mass is 10.0. The molecule has 0 aliphatic rings. The van der Waals surface area contributed by atoms with Crippen LogP contribution < -0.4 is 0 Å². The van der Waals surface area contributed by atoms with Crippen molar-refractivity contribution >= 4 is 11.0 Å². The predicted molar refractivity (Wildman–Crippen MR) is 72.4 cm³/mol. The number of hydrogen-bond acceptors (Lipinski definition) is 4. The van der Waals surface area contributed by atoms with Crippen LogP contribution in [0.15, 0.2) is 55.1 Å². The Morgan fingerprint density at radius 3 is 2.63 bits per heavy atom. The fraction of sp³-hybridized carbons (Fsp3) is 0.133. The van der Waals surface area contributed by atoms with Crippen LogP contribution >= 0.6 is 0 Å². The summed E-state index contributed by atoms with van der Waals surface area (Å²) in [6, 6.07) is 9.47. The van der Waals surface area contributed by atoms with E-state index in [0.717, 1.165) is 22.2 Å². The summed E-state index contributed by atoms with van der Waals surface area (Å²) in [5.41, 5.74) is 3.48. The highest BCUT2D eigenvalue weighted by Crippen LogP contribution is 2.20. The lowest BCUT2D eigenvalue weighted by Crippen LogP contribution is -2.02. The van der Waals surface area contributed by atoms with Crippen molar-refractivity contribution in [2.75, 3.05) is 0 Å². The van der Waals surface area contributed by atoms with E-state index >= 15 is 0 Å². The third kappa shape index (κ3) is 2.58. The Morgan fingerprint density at radius 1 is 1.00 bits per heavy atom. The zero-order valence-electron chi connectivity index (χ0n) is 10.3. The van der Waals surface area contributed by atoms with Gasteiger partial charge in [0, 0.05) is 31.2 Å². The van der Waals surface area contributed by atoms with Gasteiger partial charge in [-0.15, -0.1) is 0 Å². The molecule has 1 aromatic carbocycles. The minimum absolute atomic E-state index is 0.541. The number of aliphatic hydroxyl groups excluding tert-OH is 1. The first-order valence-electron chi connectivity index (χ1n) is 6.10. The minimum atomic E-state index is -0.560. The summed E-state index contributed by atoms with van der Waals surface area (Å²) in [6.07, 6.45) is 6.79. The Hall–Kier alpha value is -2.33. The van der Waals surface area contributed by atoms with Gasteiger partial charge in [-0.05, 0) is 29.3 Å². The normalized spacial score (nSPS) is 12.5. The Kier molecular flexibility index (Phi) is 3.16. The molecule has 0 saturated heterocycles. The molecule has 2 heterocycles. The maximum Gasteiger partial charge on any atom is 0.0890 e. The fourth-order valence-corrected chi connectivity index (χ4v) is 2.05. The van der Waals surface area contributed by atoms with Gasteiger partial charge < -0.3 is 5.11 Å². The van der Waals surface area contributed by atoms with Crippen molar-refractivity contribution in [1.29, 1.82) is 0 Å². The molecule has 0 saturated carbocycles. The molecule has 2 aromatic heterocycles. The first kappa shape index (κ1) is 11.7. The van der Waals surface area contributed by atoms with Crippen LogP contribution in [0, 0.1) is 0 Å². The largest absolute Gasteiger partial charge is 0.388 e. The van der Waals surface area contributed by atoms with E-state index in [-0.39, 0.29) is 0 Å². The molecular weight excluding hydrogens is 238 g/mol. The number of pyridine rings is 1. The van der Waals surface area contributed by atoms with Crippen LogP contribution in [0.1, 0.15) is 17.2 Å². The van der Waals surface area contributed by atoms with Crippen molar-refractivity contribution in [2.45, 2.75) is 12.5 Å². The smallest absolute Gasteiger partial charge is 0.0890 e. The Labute approximate surface area is 110 Å². The summed E-state index contributed by atoms with van der Waals surface area (Å²) in [4.78, 5) is 12.5. The lowest BCUT2D eigenvalue weighted by molar-refractivity contribution is 0.178. The summed E-state index contributed by atoms with van der Waals surface area (Å²) >= 11 is 0. The Balaban J connectivity index is 1.87. The Morgan fingerprint density at radius 2 is 1.84 bits per heavy atom. The number of fused-ring (bicyclic) bond motifs is 1. The van der Waals surface area contributed by atoms with Crippen LogP contribution in [-0.4, -0.2) is 20.1 Å². The van der Waals surface area contributed by atoms with Crippen LogP contribution in [0.4, 0.5) is 0 Å². The molecule has 0 aliphatic carbocycles. The average molecular weight is 251 g/mol. The highest BCUT2D eigenvalue weighted by Gasteiger charge is 2.09. The third-order valence-corrected chi connectivity index (χ3v) is 3.03. The molecule has 4 heteroatoms. The predicted octanol–water partition coefficient (Wildman–Crippen LogP) is 2.30. The topological polar surface area (TPSA) is 58.9 Å². The van der Waals surface area contributed by atoms with Gasteiger partial charge in [0.1, 0.15) is 0 Å². The minimum Gasteiger partial charge on any atom is -0.388 e. The van der Waals surface area contributed by atoms with Crippen LogP contribution in [0.2, 0.25) is 0 Å². The number of aromatic nitrogens is 3. The van der Waals surface area contributed by atoms with E-state index < -0.39 is 6.10 Å². The van der Waals surface area contributed by atoms with E-state index in [1.807, 2.05) is 30.3 Å². The number of hydrogen-bond donors (Lipinski definition) is 1. The van der Waals surface area contributed by atoms with E-state index in [2.05, 4.69) is 15.0 Å². The van der Waals surface area contributed by atoms with Crippen molar-refractivity contribution in [3.05, 3.63) is 66.2 Å². The number of nitrogens with zero attached hydrogens (tertiary/aromatic N) is 3. The van der Waals surface area contributed by atoms with E-state index in [4.69, 9.17) is 0 Å². The zero-order valence-corrected chi connectivity index (χ0v) is 10.3. The SMILES string of the molecule is OC(Cc1cccnc1)c1ccc2nccnc2c1. The summed E-state index contributed by atoms with van der Waals surface area (Å²) in [5.74, 6) is 0. The maximum atomic E-state index is 10.3. The van der Waals surface area contributed by atoms with Gasteiger partial charge in [0.25, 0.3) is 0 Å². The second-order valence-electron chi connectivity index (χ2n) is 4.39. The molecule has 0 aliphatic heterocycles. The first-order valence-corrected chi connectivity index (χ1v) is 6.10. The zero-order chi connectivity index (χ0) is 13.1. The summed E-state index contributed by atoms with van der Waals surface area (Å²) < 4.78 is 0. The van der Waals surface area contributed by atoms with Crippen molar-refractivity contribution in [3.63, 3.8) is 0 Å². The standard InChI is InChI=1S/C15H13N3O/c19-15(8-11-2-1-5-16-10-11)12-3-4-13-14(9-12)18-7-6-17-13/h1-7,9-10,15,19H,8H2. The molecule has 94 valence electrons. The summed E-state index contributed by atoms with van der Waals surface area (Å²) in [6.45, 7) is 0. The van der Waals surface area contributed by atoms with E-state index in [0.29, 0.717) is 6.42 Å². The molecule has 19 heavy (non-hydrogen) atoms. The van der Waals surface area contributed by atoms with Gasteiger partial charge in [0.15, 0.2) is 0 Å². The molecule has 4 nitrogen and oxygen atoms in total. The van der Waals surface area contributed by atoms with Gasteiger partial charge in [-0.3, -0.25) is 15.0 Å². The first-order chi connectivity index (χ1) is 9.33. The summed E-state index contributed by atoms with van der Waals surface area (Å²) in [7, 11) is 0. The van der Waals surface area contributed by atoms with Crippen molar-refractivity contribution < 1.29 is 5.11 Å². The van der Waals surface area contributed by atoms with Gasteiger partial charge >= 0.3 is 0 Å². The highest BCUT2D eigenvalue weighted by molar-refractivity contribution is 5.74. The number of aliphatic hydroxyl groups is 1. The molecule has 0 fully saturated rings. The summed E-state index contributed by atoms with van der Waals surface area (Å²) in [5, 5.41) is 10.3.